The minimum absolute atomic E-state index is 0.0646. The van der Waals surface area contributed by atoms with E-state index in [1.807, 2.05) is 0 Å². The van der Waals surface area contributed by atoms with E-state index >= 15 is 0 Å². The molecule has 2 N–H and O–H groups in total. The first-order chi connectivity index (χ1) is 9.27. The highest BCUT2D eigenvalue weighted by Crippen LogP contribution is 2.21. The van der Waals surface area contributed by atoms with Gasteiger partial charge in [0.2, 0.25) is 15.8 Å². The molecule has 9 heteroatoms. The first-order valence-electron chi connectivity index (χ1n) is 5.82. The van der Waals surface area contributed by atoms with Crippen LogP contribution in [0.3, 0.4) is 0 Å². The van der Waals surface area contributed by atoms with Crippen molar-refractivity contribution < 1.29 is 22.8 Å². The fraction of sp³-hybridized carbons (Fsp3) is 0.455. The number of aliphatic hydroxyl groups excluding tert-OH is 1. The summed E-state index contributed by atoms with van der Waals surface area (Å²) < 4.78 is 39.2. The van der Waals surface area contributed by atoms with Gasteiger partial charge in [0, 0.05) is 19.2 Å². The van der Waals surface area contributed by atoms with Crippen LogP contribution in [-0.4, -0.2) is 31.6 Å². The van der Waals surface area contributed by atoms with Gasteiger partial charge in [0.05, 0.1) is 9.82 Å². The molecule has 0 saturated heterocycles. The number of halogens is 1. The highest BCUT2D eigenvalue weighted by Gasteiger charge is 2.21. The summed E-state index contributed by atoms with van der Waals surface area (Å²) in [5.74, 6) is -1.19. The summed E-state index contributed by atoms with van der Waals surface area (Å²) in [6.07, 6.45) is 0.423. The van der Waals surface area contributed by atoms with Crippen molar-refractivity contribution in [3.8, 4) is 0 Å². The molecular formula is C11H15FN2O5S. The van der Waals surface area contributed by atoms with E-state index in [9.17, 15) is 22.9 Å². The zero-order valence-corrected chi connectivity index (χ0v) is 11.6. The van der Waals surface area contributed by atoms with E-state index in [0.717, 1.165) is 12.1 Å². The standard InChI is InChI=1S/C11H15FN2O5S/c1-8(4-5-15)7-13-20(18,19)9-2-3-10(12)11(6-9)14(16)17/h2-3,6,8,13,15H,4-5,7H2,1H3. The number of nitro groups is 1. The maximum atomic E-state index is 13.1. The van der Waals surface area contributed by atoms with Crippen molar-refractivity contribution in [2.75, 3.05) is 13.2 Å². The van der Waals surface area contributed by atoms with Crippen molar-refractivity contribution in [1.82, 2.24) is 4.72 Å². The number of hydrogen-bond acceptors (Lipinski definition) is 5. The molecule has 0 saturated carbocycles. The summed E-state index contributed by atoms with van der Waals surface area (Å²) in [5.41, 5.74) is -0.892. The monoisotopic (exact) mass is 306 g/mol. The highest BCUT2D eigenvalue weighted by atomic mass is 32.2. The Morgan fingerprint density at radius 2 is 2.15 bits per heavy atom. The van der Waals surface area contributed by atoms with Gasteiger partial charge in [0.1, 0.15) is 0 Å². The molecule has 0 fully saturated rings. The number of aliphatic hydroxyl groups is 1. The lowest BCUT2D eigenvalue weighted by Gasteiger charge is -2.11. The predicted octanol–water partition coefficient (Wildman–Crippen LogP) is 1.03. The number of nitrogens with one attached hydrogen (secondary N) is 1. The number of sulfonamides is 1. The van der Waals surface area contributed by atoms with Crippen molar-refractivity contribution in [2.24, 2.45) is 5.92 Å². The van der Waals surface area contributed by atoms with Crippen LogP contribution < -0.4 is 4.72 Å². The molecule has 0 radical (unpaired) electrons. The van der Waals surface area contributed by atoms with Crippen LogP contribution in [0.25, 0.3) is 0 Å². The largest absolute Gasteiger partial charge is 0.396 e. The van der Waals surface area contributed by atoms with Gasteiger partial charge < -0.3 is 5.11 Å². The Kier molecular flexibility index (Phi) is 5.54. The number of benzene rings is 1. The van der Waals surface area contributed by atoms with Crippen LogP contribution in [0.1, 0.15) is 13.3 Å². The fourth-order valence-corrected chi connectivity index (χ4v) is 2.64. The van der Waals surface area contributed by atoms with Gasteiger partial charge in [-0.1, -0.05) is 6.92 Å². The molecule has 1 aromatic rings. The maximum absolute atomic E-state index is 13.1. The van der Waals surface area contributed by atoms with Gasteiger partial charge in [0.15, 0.2) is 0 Å². The molecule has 0 bridgehead atoms. The summed E-state index contributed by atoms with van der Waals surface area (Å²) in [7, 11) is -3.95. The zero-order valence-electron chi connectivity index (χ0n) is 10.7. The van der Waals surface area contributed by atoms with Crippen molar-refractivity contribution in [2.45, 2.75) is 18.2 Å². The Bertz CT molecular complexity index is 590. The minimum Gasteiger partial charge on any atom is -0.396 e. The molecule has 0 aromatic heterocycles. The molecule has 20 heavy (non-hydrogen) atoms. The second-order valence-corrected chi connectivity index (χ2v) is 6.11. The van der Waals surface area contributed by atoms with Crippen LogP contribution in [0.15, 0.2) is 23.1 Å². The van der Waals surface area contributed by atoms with Crippen LogP contribution in [0.2, 0.25) is 0 Å². The maximum Gasteiger partial charge on any atom is 0.306 e. The normalized spacial score (nSPS) is 13.2. The van der Waals surface area contributed by atoms with Crippen LogP contribution >= 0.6 is 0 Å². The molecule has 112 valence electrons. The molecule has 0 spiro atoms. The van der Waals surface area contributed by atoms with Gasteiger partial charge in [-0.05, 0) is 24.5 Å². The second-order valence-electron chi connectivity index (χ2n) is 4.34. The van der Waals surface area contributed by atoms with E-state index in [-0.39, 0.29) is 24.0 Å². The molecule has 1 atom stereocenters. The fourth-order valence-electron chi connectivity index (χ4n) is 1.46. The average molecular weight is 306 g/mol. The third-order valence-electron chi connectivity index (χ3n) is 2.67. The summed E-state index contributed by atoms with van der Waals surface area (Å²) >= 11 is 0. The van der Waals surface area contributed by atoms with Crippen LogP contribution in [0.5, 0.6) is 0 Å². The highest BCUT2D eigenvalue weighted by molar-refractivity contribution is 7.89. The molecule has 1 rings (SSSR count). The first-order valence-corrected chi connectivity index (χ1v) is 7.30. The van der Waals surface area contributed by atoms with Crippen molar-refractivity contribution in [3.63, 3.8) is 0 Å². The quantitative estimate of drug-likeness (QED) is 0.577. The van der Waals surface area contributed by atoms with E-state index < -0.39 is 26.5 Å². The molecule has 1 aromatic carbocycles. The Balaban J connectivity index is 2.93. The summed E-state index contributed by atoms with van der Waals surface area (Å²) in [5, 5.41) is 19.3. The third-order valence-corrected chi connectivity index (χ3v) is 4.09. The Morgan fingerprint density at radius 3 is 2.70 bits per heavy atom. The first kappa shape index (κ1) is 16.5. The van der Waals surface area contributed by atoms with Gasteiger partial charge in [-0.3, -0.25) is 10.1 Å². The lowest BCUT2D eigenvalue weighted by molar-refractivity contribution is -0.387. The Labute approximate surface area is 115 Å². The zero-order chi connectivity index (χ0) is 15.3. The molecule has 1 unspecified atom stereocenters. The van der Waals surface area contributed by atoms with E-state index in [2.05, 4.69) is 4.72 Å². The van der Waals surface area contributed by atoms with Gasteiger partial charge in [0.25, 0.3) is 0 Å². The Morgan fingerprint density at radius 1 is 1.50 bits per heavy atom. The number of nitrogens with zero attached hydrogens (tertiary/aromatic N) is 1. The van der Waals surface area contributed by atoms with Crippen LogP contribution in [0, 0.1) is 21.8 Å². The molecule has 7 nitrogen and oxygen atoms in total. The smallest absolute Gasteiger partial charge is 0.306 e. The van der Waals surface area contributed by atoms with Crippen molar-refractivity contribution in [3.05, 3.63) is 34.1 Å². The topological polar surface area (TPSA) is 110 Å². The summed E-state index contributed by atoms with van der Waals surface area (Å²) in [6, 6.07) is 2.37. The van der Waals surface area contributed by atoms with Gasteiger partial charge in [-0.2, -0.15) is 4.39 Å². The Hall–Kier alpha value is -1.58. The van der Waals surface area contributed by atoms with Gasteiger partial charge in [-0.15, -0.1) is 0 Å². The number of nitro benzene ring substituents is 1. The van der Waals surface area contributed by atoms with Crippen LogP contribution in [-0.2, 0) is 10.0 Å². The average Bonchev–Trinajstić information content (AvgIpc) is 2.37. The number of hydrogen-bond donors (Lipinski definition) is 2. The minimum atomic E-state index is -3.95. The molecule has 0 aliphatic carbocycles. The molecule has 0 heterocycles. The molecule has 0 aliphatic rings. The summed E-state index contributed by atoms with van der Waals surface area (Å²) in [6.45, 7) is 1.75. The predicted molar refractivity (Wildman–Crippen MR) is 69.1 cm³/mol. The molecule has 0 amide bonds. The summed E-state index contributed by atoms with van der Waals surface area (Å²) in [4.78, 5) is 9.22. The van der Waals surface area contributed by atoms with E-state index in [1.54, 1.807) is 6.92 Å². The van der Waals surface area contributed by atoms with E-state index in [4.69, 9.17) is 5.11 Å². The molecular weight excluding hydrogens is 291 g/mol. The van der Waals surface area contributed by atoms with Gasteiger partial charge >= 0.3 is 5.69 Å². The van der Waals surface area contributed by atoms with Gasteiger partial charge in [-0.25, -0.2) is 13.1 Å². The third kappa shape index (κ3) is 4.22. The van der Waals surface area contributed by atoms with E-state index in [1.165, 1.54) is 0 Å². The van der Waals surface area contributed by atoms with E-state index in [0.29, 0.717) is 12.5 Å². The second kappa shape index (κ2) is 6.73. The SMILES string of the molecule is CC(CCO)CNS(=O)(=O)c1ccc(F)c([N+](=O)[O-])c1. The molecule has 0 aliphatic heterocycles. The van der Waals surface area contributed by atoms with Crippen molar-refractivity contribution >= 4 is 15.7 Å². The van der Waals surface area contributed by atoms with Crippen LogP contribution in [0.4, 0.5) is 10.1 Å². The lowest BCUT2D eigenvalue weighted by Crippen LogP contribution is -2.28. The van der Waals surface area contributed by atoms with Crippen molar-refractivity contribution in [1.29, 1.82) is 0 Å². The number of rotatable bonds is 7. The lowest BCUT2D eigenvalue weighted by atomic mass is 10.1.